The van der Waals surface area contributed by atoms with Crippen molar-refractivity contribution in [1.29, 1.82) is 0 Å². The van der Waals surface area contributed by atoms with Crippen molar-refractivity contribution in [2.24, 2.45) is 5.92 Å². The highest BCUT2D eigenvalue weighted by molar-refractivity contribution is 8.00. The van der Waals surface area contributed by atoms with Crippen LogP contribution in [0.1, 0.15) is 45.4 Å². The summed E-state index contributed by atoms with van der Waals surface area (Å²) in [7, 11) is 0. The van der Waals surface area contributed by atoms with Crippen molar-refractivity contribution < 1.29 is 4.79 Å². The van der Waals surface area contributed by atoms with Crippen molar-refractivity contribution in [3.05, 3.63) is 0 Å². The maximum Gasteiger partial charge on any atom is 0.146 e. The van der Waals surface area contributed by atoms with Crippen LogP contribution in [0.4, 0.5) is 0 Å². The zero-order chi connectivity index (χ0) is 9.52. The van der Waals surface area contributed by atoms with Gasteiger partial charge >= 0.3 is 0 Å². The van der Waals surface area contributed by atoms with Crippen molar-refractivity contribution in [2.75, 3.05) is 11.5 Å². The number of carbonyl (C=O) groups excluding carboxylic acids is 1. The fourth-order valence-corrected chi connectivity index (χ4v) is 2.94. The van der Waals surface area contributed by atoms with Crippen molar-refractivity contribution >= 4 is 17.5 Å². The zero-order valence-electron chi connectivity index (χ0n) is 8.55. The average Bonchev–Trinajstić information content (AvgIpc) is 2.52. The molecule has 0 aliphatic carbocycles. The fraction of sp³-hybridized carbons (Fsp3) is 0.909. The minimum absolute atomic E-state index is 0.409. The number of ketones is 1. The van der Waals surface area contributed by atoms with Crippen molar-refractivity contribution in [1.82, 2.24) is 0 Å². The van der Waals surface area contributed by atoms with Crippen LogP contribution < -0.4 is 0 Å². The molecule has 1 nitrogen and oxygen atoms in total. The number of hydrogen-bond donors (Lipinski definition) is 0. The van der Waals surface area contributed by atoms with E-state index in [2.05, 4.69) is 6.92 Å². The Labute approximate surface area is 85.7 Å². The number of Topliss-reactive ketones (excluding diaryl/α,β-unsaturated/α-hetero) is 1. The van der Waals surface area contributed by atoms with E-state index >= 15 is 0 Å². The van der Waals surface area contributed by atoms with Crippen LogP contribution in [0, 0.1) is 5.92 Å². The summed E-state index contributed by atoms with van der Waals surface area (Å²) in [5.74, 6) is 2.78. The van der Waals surface area contributed by atoms with Crippen LogP contribution in [0.3, 0.4) is 0 Å². The summed E-state index contributed by atoms with van der Waals surface area (Å²) in [4.78, 5) is 11.3. The van der Waals surface area contributed by atoms with E-state index in [1.165, 1.54) is 32.1 Å². The van der Waals surface area contributed by atoms with Crippen LogP contribution >= 0.6 is 11.8 Å². The predicted octanol–water partition coefficient (Wildman–Crippen LogP) is 3.28. The molecular formula is C11H20OS. The Balaban J connectivity index is 1.96. The van der Waals surface area contributed by atoms with Gasteiger partial charge in [0.05, 0.1) is 5.75 Å². The van der Waals surface area contributed by atoms with Crippen molar-refractivity contribution in [2.45, 2.75) is 45.4 Å². The molecule has 0 aromatic heterocycles. The molecule has 2 heteroatoms. The molecule has 0 amide bonds. The van der Waals surface area contributed by atoms with Gasteiger partial charge in [-0.3, -0.25) is 4.79 Å². The minimum atomic E-state index is 0.409. The second-order valence-electron chi connectivity index (χ2n) is 3.88. The smallest absolute Gasteiger partial charge is 0.146 e. The van der Waals surface area contributed by atoms with E-state index in [0.717, 1.165) is 17.9 Å². The van der Waals surface area contributed by atoms with Crippen LogP contribution in [0.2, 0.25) is 0 Å². The third kappa shape index (κ3) is 4.17. The highest BCUT2D eigenvalue weighted by Crippen LogP contribution is 2.25. The van der Waals surface area contributed by atoms with Gasteiger partial charge in [-0.1, -0.05) is 39.0 Å². The first-order valence-corrected chi connectivity index (χ1v) is 6.60. The molecule has 13 heavy (non-hydrogen) atoms. The topological polar surface area (TPSA) is 17.1 Å². The number of carbonyl (C=O) groups is 1. The summed E-state index contributed by atoms with van der Waals surface area (Å²) in [6, 6.07) is 0. The lowest BCUT2D eigenvalue weighted by Crippen LogP contribution is -2.10. The molecule has 0 aromatic carbocycles. The van der Waals surface area contributed by atoms with Gasteiger partial charge in [0.2, 0.25) is 0 Å². The molecule has 0 N–H and O–H groups in total. The zero-order valence-corrected chi connectivity index (χ0v) is 9.37. The van der Waals surface area contributed by atoms with E-state index in [-0.39, 0.29) is 0 Å². The first-order chi connectivity index (χ1) is 6.34. The Morgan fingerprint density at radius 3 is 2.69 bits per heavy atom. The quantitative estimate of drug-likeness (QED) is 0.612. The third-order valence-corrected chi connectivity index (χ3v) is 3.80. The van der Waals surface area contributed by atoms with Crippen LogP contribution in [-0.4, -0.2) is 17.3 Å². The van der Waals surface area contributed by atoms with Gasteiger partial charge in [0.1, 0.15) is 5.78 Å². The van der Waals surface area contributed by atoms with Gasteiger partial charge in [0, 0.05) is 11.7 Å². The lowest BCUT2D eigenvalue weighted by atomic mass is 9.99. The van der Waals surface area contributed by atoms with Crippen LogP contribution in [0.15, 0.2) is 0 Å². The molecule has 1 aliphatic heterocycles. The Morgan fingerprint density at radius 1 is 1.31 bits per heavy atom. The molecule has 1 saturated heterocycles. The number of thioether (sulfide) groups is 1. The molecule has 1 atom stereocenters. The molecule has 0 spiro atoms. The number of unbranched alkanes of at least 4 members (excludes halogenated alkanes) is 4. The van der Waals surface area contributed by atoms with Gasteiger partial charge in [0.15, 0.2) is 0 Å². The Kier molecular flexibility index (Phi) is 5.52. The Morgan fingerprint density at radius 2 is 2.08 bits per heavy atom. The van der Waals surface area contributed by atoms with E-state index in [4.69, 9.17) is 0 Å². The molecule has 0 radical (unpaired) electrons. The van der Waals surface area contributed by atoms with Gasteiger partial charge in [-0.15, -0.1) is 0 Å². The lowest BCUT2D eigenvalue weighted by molar-refractivity contribution is -0.119. The molecule has 1 rings (SSSR count). The van der Waals surface area contributed by atoms with Gasteiger partial charge in [0.25, 0.3) is 0 Å². The first kappa shape index (κ1) is 11.1. The first-order valence-electron chi connectivity index (χ1n) is 5.45. The summed E-state index contributed by atoms with van der Waals surface area (Å²) < 4.78 is 0. The second kappa shape index (κ2) is 6.47. The maximum atomic E-state index is 11.3. The van der Waals surface area contributed by atoms with Crippen LogP contribution in [0.25, 0.3) is 0 Å². The van der Waals surface area contributed by atoms with Crippen molar-refractivity contribution in [3.8, 4) is 0 Å². The van der Waals surface area contributed by atoms with E-state index in [0.29, 0.717) is 11.7 Å². The molecule has 1 fully saturated rings. The normalized spacial score (nSPS) is 22.5. The summed E-state index contributed by atoms with van der Waals surface area (Å²) in [6.07, 6.45) is 7.74. The number of hydrogen-bond acceptors (Lipinski definition) is 2. The van der Waals surface area contributed by atoms with Crippen LogP contribution in [0.5, 0.6) is 0 Å². The predicted molar refractivity (Wildman–Crippen MR) is 59.2 cm³/mol. The molecule has 1 aliphatic rings. The molecule has 76 valence electrons. The summed E-state index contributed by atoms with van der Waals surface area (Å²) in [6.45, 7) is 2.23. The van der Waals surface area contributed by atoms with Gasteiger partial charge < -0.3 is 0 Å². The molecule has 0 saturated carbocycles. The van der Waals surface area contributed by atoms with E-state index in [1.54, 1.807) is 0 Å². The monoisotopic (exact) mass is 200 g/mol. The highest BCUT2D eigenvalue weighted by Gasteiger charge is 2.23. The van der Waals surface area contributed by atoms with E-state index in [9.17, 15) is 4.79 Å². The minimum Gasteiger partial charge on any atom is -0.298 e. The Bertz CT molecular complexity index is 156. The molecule has 1 heterocycles. The molecule has 0 aromatic rings. The Hall–Kier alpha value is 0.0200. The van der Waals surface area contributed by atoms with Gasteiger partial charge in [-0.05, 0) is 6.42 Å². The van der Waals surface area contributed by atoms with Crippen LogP contribution in [-0.2, 0) is 4.79 Å². The van der Waals surface area contributed by atoms with Crippen molar-refractivity contribution in [3.63, 3.8) is 0 Å². The third-order valence-electron chi connectivity index (χ3n) is 2.67. The second-order valence-corrected chi connectivity index (χ2v) is 4.91. The molecule has 0 bridgehead atoms. The molecular weight excluding hydrogens is 180 g/mol. The average molecular weight is 200 g/mol. The molecule has 1 unspecified atom stereocenters. The van der Waals surface area contributed by atoms with Gasteiger partial charge in [-0.2, -0.15) is 11.8 Å². The van der Waals surface area contributed by atoms with Gasteiger partial charge in [-0.25, -0.2) is 0 Å². The fourth-order valence-electron chi connectivity index (χ4n) is 1.75. The van der Waals surface area contributed by atoms with E-state index in [1.807, 2.05) is 11.8 Å². The summed E-state index contributed by atoms with van der Waals surface area (Å²) in [5.41, 5.74) is 0. The lowest BCUT2D eigenvalue weighted by Gasteiger charge is -2.05. The SMILES string of the molecule is CCCCCCCC1CSCC1=O. The largest absolute Gasteiger partial charge is 0.298 e. The standard InChI is InChI=1S/C11H20OS/c1-2-3-4-5-6-7-10-8-13-9-11(10)12/h10H,2-9H2,1H3. The van der Waals surface area contributed by atoms with E-state index < -0.39 is 0 Å². The maximum absolute atomic E-state index is 11.3. The highest BCUT2D eigenvalue weighted by atomic mass is 32.2. The summed E-state index contributed by atoms with van der Waals surface area (Å²) in [5, 5.41) is 0. The number of rotatable bonds is 6. The summed E-state index contributed by atoms with van der Waals surface area (Å²) >= 11 is 1.81.